The first-order chi connectivity index (χ1) is 9.66. The van der Waals surface area contributed by atoms with Crippen molar-refractivity contribution in [2.75, 3.05) is 13.2 Å². The van der Waals surface area contributed by atoms with Gasteiger partial charge in [-0.25, -0.2) is 0 Å². The lowest BCUT2D eigenvalue weighted by molar-refractivity contribution is -0.0469. The maximum atomic E-state index is 10.0. The van der Waals surface area contributed by atoms with Gasteiger partial charge in [0.15, 0.2) is 0 Å². The standard InChI is InChI=1S/C16H31NO3/c1-12-6-2-5-9-16(12)20-11-13(18)10-17-14-7-3-4-8-15(14)19/h12-19H,2-11H2,1H3. The molecule has 0 bridgehead atoms. The summed E-state index contributed by atoms with van der Waals surface area (Å²) >= 11 is 0. The molecule has 118 valence electrons. The van der Waals surface area contributed by atoms with E-state index in [1.54, 1.807) is 0 Å². The van der Waals surface area contributed by atoms with Crippen molar-refractivity contribution in [3.05, 3.63) is 0 Å². The van der Waals surface area contributed by atoms with Gasteiger partial charge in [0.25, 0.3) is 0 Å². The van der Waals surface area contributed by atoms with Gasteiger partial charge in [-0.2, -0.15) is 0 Å². The van der Waals surface area contributed by atoms with E-state index in [9.17, 15) is 10.2 Å². The minimum Gasteiger partial charge on any atom is -0.392 e. The number of hydrogen-bond acceptors (Lipinski definition) is 4. The summed E-state index contributed by atoms with van der Waals surface area (Å²) in [5, 5.41) is 23.2. The average Bonchev–Trinajstić information content (AvgIpc) is 2.45. The maximum Gasteiger partial charge on any atom is 0.0897 e. The number of hydrogen-bond donors (Lipinski definition) is 3. The molecule has 0 aliphatic heterocycles. The SMILES string of the molecule is CC1CCCCC1OCC(O)CNC1CCCCC1O. The average molecular weight is 285 g/mol. The molecule has 3 N–H and O–H groups in total. The Kier molecular flexibility index (Phi) is 6.75. The highest BCUT2D eigenvalue weighted by Crippen LogP contribution is 2.26. The van der Waals surface area contributed by atoms with Crippen molar-refractivity contribution in [3.63, 3.8) is 0 Å². The van der Waals surface area contributed by atoms with Crippen molar-refractivity contribution >= 4 is 0 Å². The van der Waals surface area contributed by atoms with Crippen molar-refractivity contribution < 1.29 is 14.9 Å². The predicted molar refractivity (Wildman–Crippen MR) is 79.6 cm³/mol. The summed E-state index contributed by atoms with van der Waals surface area (Å²) in [6.45, 7) is 3.17. The van der Waals surface area contributed by atoms with Crippen molar-refractivity contribution in [3.8, 4) is 0 Å². The molecule has 2 aliphatic rings. The van der Waals surface area contributed by atoms with E-state index in [0.29, 0.717) is 25.2 Å². The van der Waals surface area contributed by atoms with Gasteiger partial charge in [0, 0.05) is 12.6 Å². The first-order valence-corrected chi connectivity index (χ1v) is 8.38. The lowest BCUT2D eigenvalue weighted by Crippen LogP contribution is -2.46. The first-order valence-electron chi connectivity index (χ1n) is 8.38. The molecule has 0 spiro atoms. The van der Waals surface area contributed by atoms with Crippen LogP contribution in [0, 0.1) is 5.92 Å². The molecular weight excluding hydrogens is 254 g/mol. The predicted octanol–water partition coefficient (Wildman–Crippen LogP) is 1.84. The molecule has 2 rings (SSSR count). The Bertz CT molecular complexity index is 248. The van der Waals surface area contributed by atoms with Crippen molar-refractivity contribution in [2.45, 2.75) is 82.6 Å². The lowest BCUT2D eigenvalue weighted by Gasteiger charge is -2.31. The van der Waals surface area contributed by atoms with Crippen LogP contribution in [-0.2, 0) is 4.74 Å². The molecule has 0 radical (unpaired) electrons. The zero-order valence-corrected chi connectivity index (χ0v) is 12.8. The van der Waals surface area contributed by atoms with Gasteiger partial charge in [-0.15, -0.1) is 0 Å². The fraction of sp³-hybridized carbons (Fsp3) is 1.00. The summed E-state index contributed by atoms with van der Waals surface area (Å²) in [7, 11) is 0. The molecule has 4 heteroatoms. The lowest BCUT2D eigenvalue weighted by atomic mass is 9.88. The number of rotatable bonds is 6. The van der Waals surface area contributed by atoms with Gasteiger partial charge in [-0.3, -0.25) is 0 Å². The Morgan fingerprint density at radius 3 is 2.55 bits per heavy atom. The van der Waals surface area contributed by atoms with E-state index in [-0.39, 0.29) is 12.1 Å². The summed E-state index contributed by atoms with van der Waals surface area (Å²) in [5.41, 5.74) is 0. The molecule has 5 atom stereocenters. The molecule has 2 saturated carbocycles. The third-order valence-corrected chi connectivity index (χ3v) is 4.88. The van der Waals surface area contributed by atoms with E-state index in [0.717, 1.165) is 25.7 Å². The number of aliphatic hydroxyl groups is 2. The maximum absolute atomic E-state index is 10.0. The number of ether oxygens (including phenoxy) is 1. The summed E-state index contributed by atoms with van der Waals surface area (Å²) in [6.07, 6.45) is 8.69. The van der Waals surface area contributed by atoms with Gasteiger partial charge in [-0.05, 0) is 31.6 Å². The highest BCUT2D eigenvalue weighted by Gasteiger charge is 2.25. The Morgan fingerprint density at radius 2 is 1.80 bits per heavy atom. The monoisotopic (exact) mass is 285 g/mol. The molecule has 2 fully saturated rings. The summed E-state index contributed by atoms with van der Waals surface area (Å²) in [5.74, 6) is 0.615. The highest BCUT2D eigenvalue weighted by atomic mass is 16.5. The molecular formula is C16H31NO3. The van der Waals surface area contributed by atoms with Crippen LogP contribution in [0.25, 0.3) is 0 Å². The Morgan fingerprint density at radius 1 is 1.10 bits per heavy atom. The van der Waals surface area contributed by atoms with Crippen LogP contribution in [-0.4, -0.2) is 47.7 Å². The van der Waals surface area contributed by atoms with E-state index in [4.69, 9.17) is 4.74 Å². The fourth-order valence-electron chi connectivity index (χ4n) is 3.46. The minimum atomic E-state index is -0.474. The van der Waals surface area contributed by atoms with Crippen LogP contribution in [0.15, 0.2) is 0 Å². The normalized spacial score (nSPS) is 36.8. The second kappa shape index (κ2) is 8.32. The second-order valence-electron chi connectivity index (χ2n) is 6.65. The zero-order chi connectivity index (χ0) is 14.4. The largest absolute Gasteiger partial charge is 0.392 e. The zero-order valence-electron chi connectivity index (χ0n) is 12.8. The highest BCUT2D eigenvalue weighted by molar-refractivity contribution is 4.81. The van der Waals surface area contributed by atoms with E-state index >= 15 is 0 Å². The Labute approximate surface area is 122 Å². The quantitative estimate of drug-likeness (QED) is 0.697. The topological polar surface area (TPSA) is 61.7 Å². The van der Waals surface area contributed by atoms with E-state index in [2.05, 4.69) is 12.2 Å². The minimum absolute atomic E-state index is 0.145. The van der Waals surface area contributed by atoms with Crippen molar-refractivity contribution in [1.29, 1.82) is 0 Å². The van der Waals surface area contributed by atoms with Gasteiger partial charge in [0.05, 0.1) is 24.9 Å². The van der Waals surface area contributed by atoms with Gasteiger partial charge in [0.1, 0.15) is 0 Å². The Hall–Kier alpha value is -0.160. The molecule has 20 heavy (non-hydrogen) atoms. The summed E-state index contributed by atoms with van der Waals surface area (Å²) < 4.78 is 5.87. The summed E-state index contributed by atoms with van der Waals surface area (Å²) in [4.78, 5) is 0. The van der Waals surface area contributed by atoms with Gasteiger partial charge < -0.3 is 20.3 Å². The van der Waals surface area contributed by atoms with E-state index < -0.39 is 6.10 Å². The molecule has 0 saturated heterocycles. The van der Waals surface area contributed by atoms with E-state index in [1.165, 1.54) is 25.7 Å². The molecule has 5 unspecified atom stereocenters. The first kappa shape index (κ1) is 16.2. The molecule has 0 amide bonds. The van der Waals surface area contributed by atoms with Gasteiger partial charge in [0.2, 0.25) is 0 Å². The molecule has 4 nitrogen and oxygen atoms in total. The van der Waals surface area contributed by atoms with Crippen LogP contribution in [0.5, 0.6) is 0 Å². The van der Waals surface area contributed by atoms with Crippen molar-refractivity contribution in [2.24, 2.45) is 5.92 Å². The van der Waals surface area contributed by atoms with E-state index in [1.807, 2.05) is 0 Å². The fourth-order valence-corrected chi connectivity index (χ4v) is 3.46. The van der Waals surface area contributed by atoms with Crippen LogP contribution >= 0.6 is 0 Å². The van der Waals surface area contributed by atoms with Crippen LogP contribution < -0.4 is 5.32 Å². The third kappa shape index (κ3) is 4.99. The number of nitrogens with one attached hydrogen (secondary N) is 1. The Balaban J connectivity index is 1.61. The third-order valence-electron chi connectivity index (χ3n) is 4.88. The molecule has 0 aromatic rings. The smallest absolute Gasteiger partial charge is 0.0897 e. The van der Waals surface area contributed by atoms with Crippen LogP contribution in [0.1, 0.15) is 58.3 Å². The summed E-state index contributed by atoms with van der Waals surface area (Å²) in [6, 6.07) is 0.145. The van der Waals surface area contributed by atoms with Crippen LogP contribution in [0.4, 0.5) is 0 Å². The molecule has 0 aromatic heterocycles. The molecule has 0 heterocycles. The van der Waals surface area contributed by atoms with Crippen molar-refractivity contribution in [1.82, 2.24) is 5.32 Å². The molecule has 2 aliphatic carbocycles. The number of aliphatic hydroxyl groups excluding tert-OH is 2. The van der Waals surface area contributed by atoms with Gasteiger partial charge >= 0.3 is 0 Å². The van der Waals surface area contributed by atoms with Crippen LogP contribution in [0.2, 0.25) is 0 Å². The second-order valence-corrected chi connectivity index (χ2v) is 6.65. The van der Waals surface area contributed by atoms with Gasteiger partial charge in [-0.1, -0.05) is 32.6 Å². The molecule has 0 aromatic carbocycles. The van der Waals surface area contributed by atoms with Crippen LogP contribution in [0.3, 0.4) is 0 Å².